The lowest BCUT2D eigenvalue weighted by molar-refractivity contribution is 0.0821. The molecule has 24 heavy (non-hydrogen) atoms. The Hall–Kier alpha value is -1.33. The molecule has 1 aromatic carbocycles. The molecule has 0 saturated carbocycles. The first-order valence-electron chi connectivity index (χ1n) is 8.67. The summed E-state index contributed by atoms with van der Waals surface area (Å²) in [6.07, 6.45) is 2.83. The molecule has 0 atom stereocenters. The van der Waals surface area contributed by atoms with Crippen LogP contribution in [0, 0.1) is 0 Å². The van der Waals surface area contributed by atoms with E-state index < -0.39 is 0 Å². The van der Waals surface area contributed by atoms with E-state index >= 15 is 0 Å². The minimum absolute atomic E-state index is 0.0920. The number of nitrogens with zero attached hydrogens (tertiary/aromatic N) is 1. The molecule has 0 aliphatic carbocycles. The van der Waals surface area contributed by atoms with Gasteiger partial charge in [-0.3, -0.25) is 0 Å². The molecule has 3 rings (SSSR count). The number of halogens is 1. The monoisotopic (exact) mass is 348 g/mol. The van der Waals surface area contributed by atoms with Gasteiger partial charge in [-0.2, -0.15) is 0 Å². The van der Waals surface area contributed by atoms with Crippen molar-refractivity contribution < 1.29 is 9.52 Å². The van der Waals surface area contributed by atoms with Crippen LogP contribution in [0.3, 0.4) is 0 Å². The number of aliphatic hydroxyl groups excluding tert-OH is 1. The first-order valence-corrected chi connectivity index (χ1v) is 9.05. The van der Waals surface area contributed by atoms with Crippen molar-refractivity contribution in [3.05, 3.63) is 47.2 Å². The van der Waals surface area contributed by atoms with Crippen LogP contribution in [0.5, 0.6) is 0 Å². The van der Waals surface area contributed by atoms with E-state index in [1.165, 1.54) is 0 Å². The van der Waals surface area contributed by atoms with Crippen LogP contribution in [-0.4, -0.2) is 42.3 Å². The fourth-order valence-corrected chi connectivity index (χ4v) is 3.29. The molecule has 0 bridgehead atoms. The molecule has 0 radical (unpaired) electrons. The third kappa shape index (κ3) is 4.84. The van der Waals surface area contributed by atoms with Gasteiger partial charge >= 0.3 is 0 Å². The Bertz CT molecular complexity index is 636. The van der Waals surface area contributed by atoms with E-state index in [1.807, 2.05) is 36.4 Å². The molecule has 2 aromatic rings. The third-order valence-corrected chi connectivity index (χ3v) is 4.81. The molecule has 1 saturated heterocycles. The van der Waals surface area contributed by atoms with E-state index in [2.05, 4.69) is 10.2 Å². The van der Waals surface area contributed by atoms with E-state index in [1.54, 1.807) is 0 Å². The summed E-state index contributed by atoms with van der Waals surface area (Å²) in [4.78, 5) is 2.43. The topological polar surface area (TPSA) is 48.6 Å². The van der Waals surface area contributed by atoms with Gasteiger partial charge in [0.25, 0.3) is 0 Å². The lowest BCUT2D eigenvalue weighted by atomic mass is 10.1. The highest BCUT2D eigenvalue weighted by molar-refractivity contribution is 6.33. The number of piperidine rings is 1. The maximum atomic E-state index is 9.51. The fourth-order valence-electron chi connectivity index (χ4n) is 3.06. The predicted octanol–water partition coefficient (Wildman–Crippen LogP) is 3.54. The first kappa shape index (κ1) is 17.5. The van der Waals surface area contributed by atoms with Gasteiger partial charge in [0.15, 0.2) is 0 Å². The van der Waals surface area contributed by atoms with Gasteiger partial charge in [-0.1, -0.05) is 23.7 Å². The highest BCUT2D eigenvalue weighted by Crippen LogP contribution is 2.28. The lowest BCUT2D eigenvalue weighted by Gasteiger charge is -2.29. The molecule has 0 unspecified atom stereocenters. The Morgan fingerprint density at radius 3 is 2.75 bits per heavy atom. The van der Waals surface area contributed by atoms with Crippen LogP contribution in [0.15, 0.2) is 40.8 Å². The molecule has 2 N–H and O–H groups in total. The highest BCUT2D eigenvalue weighted by atomic mass is 35.5. The van der Waals surface area contributed by atoms with Crippen molar-refractivity contribution in [2.75, 3.05) is 26.2 Å². The number of nitrogens with one attached hydrogen (secondary N) is 1. The lowest BCUT2D eigenvalue weighted by Crippen LogP contribution is -2.37. The van der Waals surface area contributed by atoms with E-state index in [-0.39, 0.29) is 6.10 Å². The highest BCUT2D eigenvalue weighted by Gasteiger charge is 2.16. The van der Waals surface area contributed by atoms with Crippen molar-refractivity contribution >= 4 is 11.6 Å². The molecule has 2 heterocycles. The molecular formula is C19H25ClN2O2. The largest absolute Gasteiger partial charge is 0.460 e. The molecule has 0 amide bonds. The minimum atomic E-state index is -0.0920. The summed E-state index contributed by atoms with van der Waals surface area (Å²) in [5, 5.41) is 13.6. The first-order chi connectivity index (χ1) is 11.7. The Kier molecular flexibility index (Phi) is 6.32. The summed E-state index contributed by atoms with van der Waals surface area (Å²) in [5.41, 5.74) is 0.928. The Labute approximate surface area is 148 Å². The zero-order chi connectivity index (χ0) is 16.8. The summed E-state index contributed by atoms with van der Waals surface area (Å²) in [7, 11) is 0. The SMILES string of the molecule is OC1CCN(CCCNCc2ccc(-c3ccccc3Cl)o2)CC1. The van der Waals surface area contributed by atoms with Crippen LogP contribution in [-0.2, 0) is 6.54 Å². The summed E-state index contributed by atoms with van der Waals surface area (Å²) < 4.78 is 5.87. The fraction of sp³-hybridized carbons (Fsp3) is 0.474. The van der Waals surface area contributed by atoms with E-state index in [0.29, 0.717) is 5.02 Å². The summed E-state index contributed by atoms with van der Waals surface area (Å²) in [6.45, 7) is 4.80. The maximum Gasteiger partial charge on any atom is 0.135 e. The number of aliphatic hydroxyl groups is 1. The maximum absolute atomic E-state index is 9.51. The van der Waals surface area contributed by atoms with Gasteiger partial charge < -0.3 is 19.7 Å². The standard InChI is InChI=1S/C19H25ClN2O2/c20-18-5-2-1-4-17(18)19-7-6-16(24-19)14-21-10-3-11-22-12-8-15(23)9-13-22/h1-2,4-7,15,21,23H,3,8-14H2. The predicted molar refractivity (Wildman–Crippen MR) is 97.2 cm³/mol. The van der Waals surface area contributed by atoms with Gasteiger partial charge in [0.1, 0.15) is 11.5 Å². The van der Waals surface area contributed by atoms with Crippen molar-refractivity contribution in [2.24, 2.45) is 0 Å². The average molecular weight is 349 g/mol. The van der Waals surface area contributed by atoms with Gasteiger partial charge in [-0.25, -0.2) is 0 Å². The molecular weight excluding hydrogens is 324 g/mol. The minimum Gasteiger partial charge on any atom is -0.460 e. The number of hydrogen-bond acceptors (Lipinski definition) is 4. The summed E-state index contributed by atoms with van der Waals surface area (Å²) in [6, 6.07) is 11.7. The van der Waals surface area contributed by atoms with Gasteiger partial charge in [0.05, 0.1) is 17.7 Å². The van der Waals surface area contributed by atoms with Gasteiger partial charge in [-0.15, -0.1) is 0 Å². The molecule has 1 aliphatic heterocycles. The summed E-state index contributed by atoms with van der Waals surface area (Å²) >= 11 is 6.20. The molecule has 130 valence electrons. The smallest absolute Gasteiger partial charge is 0.135 e. The Balaban J connectivity index is 1.38. The quantitative estimate of drug-likeness (QED) is 0.751. The number of hydrogen-bond donors (Lipinski definition) is 2. The van der Waals surface area contributed by atoms with E-state index in [4.69, 9.17) is 16.0 Å². The second kappa shape index (κ2) is 8.67. The molecule has 1 aliphatic rings. The second-order valence-corrected chi connectivity index (χ2v) is 6.76. The van der Waals surface area contributed by atoms with Crippen molar-refractivity contribution in [2.45, 2.75) is 31.9 Å². The second-order valence-electron chi connectivity index (χ2n) is 6.35. The van der Waals surface area contributed by atoms with Crippen molar-refractivity contribution in [3.63, 3.8) is 0 Å². The van der Waals surface area contributed by atoms with Crippen LogP contribution >= 0.6 is 11.6 Å². The Morgan fingerprint density at radius 1 is 1.17 bits per heavy atom. The van der Waals surface area contributed by atoms with Crippen LogP contribution < -0.4 is 5.32 Å². The van der Waals surface area contributed by atoms with Crippen LogP contribution in [0.25, 0.3) is 11.3 Å². The molecule has 4 nitrogen and oxygen atoms in total. The third-order valence-electron chi connectivity index (χ3n) is 4.49. The van der Waals surface area contributed by atoms with E-state index in [9.17, 15) is 5.11 Å². The Morgan fingerprint density at radius 2 is 1.96 bits per heavy atom. The van der Waals surface area contributed by atoms with Crippen molar-refractivity contribution in [1.82, 2.24) is 10.2 Å². The number of rotatable bonds is 7. The average Bonchev–Trinajstić information content (AvgIpc) is 3.05. The van der Waals surface area contributed by atoms with Gasteiger partial charge in [-0.05, 0) is 56.6 Å². The van der Waals surface area contributed by atoms with Crippen molar-refractivity contribution in [3.8, 4) is 11.3 Å². The van der Waals surface area contributed by atoms with Crippen molar-refractivity contribution in [1.29, 1.82) is 0 Å². The normalized spacial score (nSPS) is 16.6. The van der Waals surface area contributed by atoms with E-state index in [0.717, 1.165) is 69.1 Å². The van der Waals surface area contributed by atoms with Crippen LogP contribution in [0.2, 0.25) is 5.02 Å². The van der Waals surface area contributed by atoms with Crippen LogP contribution in [0.4, 0.5) is 0 Å². The summed E-state index contributed by atoms with van der Waals surface area (Å²) in [5.74, 6) is 1.73. The van der Waals surface area contributed by atoms with Gasteiger partial charge in [0.2, 0.25) is 0 Å². The molecule has 1 aromatic heterocycles. The number of likely N-dealkylation sites (tertiary alicyclic amines) is 1. The zero-order valence-electron chi connectivity index (χ0n) is 13.9. The van der Waals surface area contributed by atoms with Gasteiger partial charge in [0, 0.05) is 18.7 Å². The molecule has 1 fully saturated rings. The molecule has 5 heteroatoms. The number of benzene rings is 1. The number of furan rings is 1. The van der Waals surface area contributed by atoms with Crippen LogP contribution in [0.1, 0.15) is 25.0 Å². The zero-order valence-corrected chi connectivity index (χ0v) is 14.6. The molecule has 0 spiro atoms.